The fourth-order valence-electron chi connectivity index (χ4n) is 1.79. The van der Waals surface area contributed by atoms with Gasteiger partial charge >= 0.3 is 0 Å². The maximum Gasteiger partial charge on any atom is 0.00860 e. The molecule has 0 fully saturated rings. The molecular formula is C14H27N. The molecule has 2 N–H and O–H groups in total. The molecule has 1 heteroatoms. The van der Waals surface area contributed by atoms with Crippen molar-refractivity contribution in [2.75, 3.05) is 6.54 Å². The minimum Gasteiger partial charge on any atom is -0.330 e. The molecule has 0 saturated carbocycles. The summed E-state index contributed by atoms with van der Waals surface area (Å²) in [5, 5.41) is 0. The van der Waals surface area contributed by atoms with Crippen molar-refractivity contribution < 1.29 is 0 Å². The molecule has 0 saturated heterocycles. The number of hydrogen-bond donors (Lipinski definition) is 1. The predicted molar refractivity (Wildman–Crippen MR) is 68.7 cm³/mol. The molecule has 0 atom stereocenters. The van der Waals surface area contributed by atoms with Gasteiger partial charge in [-0.25, -0.2) is 0 Å². The summed E-state index contributed by atoms with van der Waals surface area (Å²) in [6.07, 6.45) is 19.5. The standard InChI is InChI=1S/C14H27N/c1-2-3-4-5-6-7-8-9-10-11-12-13-14-15/h1H,3-15H2. The largest absolute Gasteiger partial charge is 0.330 e. The second kappa shape index (κ2) is 13.5. The summed E-state index contributed by atoms with van der Waals surface area (Å²) in [5.74, 6) is 2.69. The zero-order chi connectivity index (χ0) is 11.2. The Balaban J connectivity index is 2.84. The van der Waals surface area contributed by atoms with Crippen LogP contribution in [0.25, 0.3) is 0 Å². The molecule has 0 aromatic rings. The van der Waals surface area contributed by atoms with E-state index in [4.69, 9.17) is 12.2 Å². The molecule has 0 aromatic carbocycles. The quantitative estimate of drug-likeness (QED) is 0.406. The Morgan fingerprint density at radius 2 is 1.07 bits per heavy atom. The second-order valence-corrected chi connectivity index (χ2v) is 4.28. The summed E-state index contributed by atoms with van der Waals surface area (Å²) in [5.41, 5.74) is 5.43. The Labute approximate surface area is 95.8 Å². The molecule has 0 spiro atoms. The average molecular weight is 209 g/mol. The highest BCUT2D eigenvalue weighted by Gasteiger charge is 1.92. The Morgan fingerprint density at radius 3 is 1.47 bits per heavy atom. The van der Waals surface area contributed by atoms with E-state index in [1.54, 1.807) is 0 Å². The summed E-state index contributed by atoms with van der Waals surface area (Å²) in [4.78, 5) is 0. The van der Waals surface area contributed by atoms with Crippen molar-refractivity contribution in [1.29, 1.82) is 0 Å². The van der Waals surface area contributed by atoms with E-state index >= 15 is 0 Å². The highest BCUT2D eigenvalue weighted by atomic mass is 14.5. The molecule has 0 rings (SSSR count). The van der Waals surface area contributed by atoms with Crippen molar-refractivity contribution in [3.63, 3.8) is 0 Å². The van der Waals surface area contributed by atoms with Gasteiger partial charge in [0.15, 0.2) is 0 Å². The van der Waals surface area contributed by atoms with Crippen LogP contribution in [-0.4, -0.2) is 6.54 Å². The fraction of sp³-hybridized carbons (Fsp3) is 0.857. The molecule has 0 aromatic heterocycles. The third-order valence-corrected chi connectivity index (χ3v) is 2.78. The first-order valence-electron chi connectivity index (χ1n) is 6.55. The number of nitrogens with two attached hydrogens (primary N) is 1. The Bertz CT molecular complexity index is 146. The molecule has 15 heavy (non-hydrogen) atoms. The average Bonchev–Trinajstić information content (AvgIpc) is 2.26. The van der Waals surface area contributed by atoms with Crippen LogP contribution in [0.1, 0.15) is 70.6 Å². The monoisotopic (exact) mass is 209 g/mol. The fourth-order valence-corrected chi connectivity index (χ4v) is 1.79. The van der Waals surface area contributed by atoms with Gasteiger partial charge in [-0.1, -0.05) is 51.4 Å². The van der Waals surface area contributed by atoms with Crippen molar-refractivity contribution in [1.82, 2.24) is 0 Å². The van der Waals surface area contributed by atoms with E-state index in [9.17, 15) is 0 Å². The molecule has 1 nitrogen and oxygen atoms in total. The van der Waals surface area contributed by atoms with E-state index in [1.165, 1.54) is 64.2 Å². The van der Waals surface area contributed by atoms with E-state index in [-0.39, 0.29) is 0 Å². The first-order valence-corrected chi connectivity index (χ1v) is 6.55. The molecule has 88 valence electrons. The van der Waals surface area contributed by atoms with E-state index < -0.39 is 0 Å². The third kappa shape index (κ3) is 13.5. The summed E-state index contributed by atoms with van der Waals surface area (Å²) in [7, 11) is 0. The third-order valence-electron chi connectivity index (χ3n) is 2.78. The highest BCUT2D eigenvalue weighted by molar-refractivity contribution is 4.82. The van der Waals surface area contributed by atoms with Gasteiger partial charge in [0.05, 0.1) is 0 Å². The van der Waals surface area contributed by atoms with Crippen LogP contribution in [-0.2, 0) is 0 Å². The van der Waals surface area contributed by atoms with Gasteiger partial charge in [-0.15, -0.1) is 12.3 Å². The van der Waals surface area contributed by atoms with Crippen LogP contribution in [0.5, 0.6) is 0 Å². The number of terminal acetylenes is 1. The van der Waals surface area contributed by atoms with Gasteiger partial charge in [-0.05, 0) is 19.4 Å². The summed E-state index contributed by atoms with van der Waals surface area (Å²) in [6.45, 7) is 0.856. The molecular weight excluding hydrogens is 182 g/mol. The Hall–Kier alpha value is -0.480. The van der Waals surface area contributed by atoms with Crippen LogP contribution in [0.4, 0.5) is 0 Å². The lowest BCUT2D eigenvalue weighted by molar-refractivity contribution is 0.555. The molecule has 0 radical (unpaired) electrons. The highest BCUT2D eigenvalue weighted by Crippen LogP contribution is 2.10. The molecule has 0 aliphatic rings. The first kappa shape index (κ1) is 14.5. The minimum absolute atomic E-state index is 0.856. The van der Waals surface area contributed by atoms with Gasteiger partial charge in [0.1, 0.15) is 0 Å². The van der Waals surface area contributed by atoms with Crippen molar-refractivity contribution in [2.45, 2.75) is 70.6 Å². The molecule has 0 heterocycles. The maximum absolute atomic E-state index is 5.43. The molecule has 0 unspecified atom stereocenters. The van der Waals surface area contributed by atoms with Gasteiger partial charge in [-0.3, -0.25) is 0 Å². The molecule has 0 bridgehead atoms. The lowest BCUT2D eigenvalue weighted by atomic mass is 10.1. The van der Waals surface area contributed by atoms with Crippen molar-refractivity contribution in [3.05, 3.63) is 0 Å². The lowest BCUT2D eigenvalue weighted by Crippen LogP contribution is -1.97. The normalized spacial score (nSPS) is 10.1. The van der Waals surface area contributed by atoms with Crippen LogP contribution < -0.4 is 5.73 Å². The molecule has 0 aliphatic carbocycles. The van der Waals surface area contributed by atoms with Crippen LogP contribution >= 0.6 is 0 Å². The SMILES string of the molecule is C#CCCCCCCCCCCCCN. The van der Waals surface area contributed by atoms with Gasteiger partial charge in [0.25, 0.3) is 0 Å². The van der Waals surface area contributed by atoms with Crippen LogP contribution in [0.2, 0.25) is 0 Å². The van der Waals surface area contributed by atoms with Crippen LogP contribution in [0, 0.1) is 12.3 Å². The van der Waals surface area contributed by atoms with Gasteiger partial charge in [-0.2, -0.15) is 0 Å². The van der Waals surface area contributed by atoms with Gasteiger partial charge in [0, 0.05) is 6.42 Å². The predicted octanol–water partition coefficient (Wildman–Crippen LogP) is 3.87. The summed E-state index contributed by atoms with van der Waals surface area (Å²) >= 11 is 0. The second-order valence-electron chi connectivity index (χ2n) is 4.28. The Kier molecular flexibility index (Phi) is 13.1. The van der Waals surface area contributed by atoms with Crippen molar-refractivity contribution in [2.24, 2.45) is 5.73 Å². The van der Waals surface area contributed by atoms with E-state index in [0.29, 0.717) is 0 Å². The summed E-state index contributed by atoms with van der Waals surface area (Å²) in [6, 6.07) is 0. The van der Waals surface area contributed by atoms with Crippen molar-refractivity contribution in [3.8, 4) is 12.3 Å². The van der Waals surface area contributed by atoms with Crippen LogP contribution in [0.15, 0.2) is 0 Å². The maximum atomic E-state index is 5.43. The summed E-state index contributed by atoms with van der Waals surface area (Å²) < 4.78 is 0. The lowest BCUT2D eigenvalue weighted by Gasteiger charge is -2.01. The van der Waals surface area contributed by atoms with Crippen LogP contribution in [0.3, 0.4) is 0 Å². The minimum atomic E-state index is 0.856. The van der Waals surface area contributed by atoms with E-state index in [2.05, 4.69) is 5.92 Å². The smallest absolute Gasteiger partial charge is 0.00860 e. The Morgan fingerprint density at radius 1 is 0.667 bits per heavy atom. The van der Waals surface area contributed by atoms with E-state index in [0.717, 1.165) is 13.0 Å². The van der Waals surface area contributed by atoms with Crippen molar-refractivity contribution >= 4 is 0 Å². The van der Waals surface area contributed by atoms with E-state index in [1.807, 2.05) is 0 Å². The van der Waals surface area contributed by atoms with Gasteiger partial charge < -0.3 is 5.73 Å². The molecule has 0 aliphatic heterocycles. The number of hydrogen-bond acceptors (Lipinski definition) is 1. The zero-order valence-electron chi connectivity index (χ0n) is 10.1. The first-order chi connectivity index (χ1) is 7.41. The molecule has 0 amide bonds. The topological polar surface area (TPSA) is 26.0 Å². The van der Waals surface area contributed by atoms with Gasteiger partial charge in [0.2, 0.25) is 0 Å². The number of unbranched alkanes of at least 4 members (excludes halogenated alkanes) is 10. The zero-order valence-corrected chi connectivity index (χ0v) is 10.1. The number of rotatable bonds is 11.